The second kappa shape index (κ2) is 6.20. The molecule has 100 valence electrons. The standard InChI is InChI=1S/C15H17NO3/c1-3-19-12-8-6-11(7-9-12)15(17)14-13(18-2)5-4-10-16-14/h4-10,15,17H,3H2,1-2H3. The van der Waals surface area contributed by atoms with Crippen LogP contribution in [0.2, 0.25) is 0 Å². The van der Waals surface area contributed by atoms with Crippen molar-refractivity contribution in [1.29, 1.82) is 0 Å². The van der Waals surface area contributed by atoms with E-state index < -0.39 is 6.10 Å². The minimum atomic E-state index is -0.813. The van der Waals surface area contributed by atoms with E-state index >= 15 is 0 Å². The van der Waals surface area contributed by atoms with Crippen molar-refractivity contribution in [2.75, 3.05) is 13.7 Å². The summed E-state index contributed by atoms with van der Waals surface area (Å²) in [6.07, 6.45) is 0.821. The summed E-state index contributed by atoms with van der Waals surface area (Å²) in [6.45, 7) is 2.55. The predicted molar refractivity (Wildman–Crippen MR) is 72.5 cm³/mol. The van der Waals surface area contributed by atoms with Crippen LogP contribution < -0.4 is 9.47 Å². The fourth-order valence-electron chi connectivity index (χ4n) is 1.85. The number of hydrogen-bond donors (Lipinski definition) is 1. The summed E-state index contributed by atoms with van der Waals surface area (Å²) in [6, 6.07) is 10.9. The van der Waals surface area contributed by atoms with Gasteiger partial charge in [-0.25, -0.2) is 0 Å². The Morgan fingerprint density at radius 3 is 2.58 bits per heavy atom. The molecule has 1 aromatic carbocycles. The molecule has 0 aliphatic heterocycles. The number of rotatable bonds is 5. The predicted octanol–water partition coefficient (Wildman–Crippen LogP) is 2.57. The van der Waals surface area contributed by atoms with E-state index in [1.54, 1.807) is 25.4 Å². The fraction of sp³-hybridized carbons (Fsp3) is 0.267. The third-order valence-electron chi connectivity index (χ3n) is 2.79. The average molecular weight is 259 g/mol. The van der Waals surface area contributed by atoms with Gasteiger partial charge in [-0.3, -0.25) is 4.98 Å². The van der Waals surface area contributed by atoms with Crippen LogP contribution in [0.4, 0.5) is 0 Å². The van der Waals surface area contributed by atoms with Crippen molar-refractivity contribution < 1.29 is 14.6 Å². The molecule has 0 saturated carbocycles. The van der Waals surface area contributed by atoms with Crippen molar-refractivity contribution in [2.24, 2.45) is 0 Å². The van der Waals surface area contributed by atoms with Gasteiger partial charge in [-0.2, -0.15) is 0 Å². The third-order valence-corrected chi connectivity index (χ3v) is 2.79. The fourth-order valence-corrected chi connectivity index (χ4v) is 1.85. The normalized spacial score (nSPS) is 11.9. The van der Waals surface area contributed by atoms with E-state index in [9.17, 15) is 5.11 Å². The van der Waals surface area contributed by atoms with Crippen molar-refractivity contribution in [2.45, 2.75) is 13.0 Å². The largest absolute Gasteiger partial charge is 0.495 e. The van der Waals surface area contributed by atoms with Crippen LogP contribution in [0.25, 0.3) is 0 Å². The van der Waals surface area contributed by atoms with Crippen molar-refractivity contribution in [3.63, 3.8) is 0 Å². The van der Waals surface area contributed by atoms with Gasteiger partial charge in [0.15, 0.2) is 0 Å². The lowest BCUT2D eigenvalue weighted by molar-refractivity contribution is 0.209. The van der Waals surface area contributed by atoms with Crippen LogP contribution in [-0.4, -0.2) is 23.8 Å². The van der Waals surface area contributed by atoms with Gasteiger partial charge in [-0.05, 0) is 36.8 Å². The van der Waals surface area contributed by atoms with E-state index in [2.05, 4.69) is 4.98 Å². The van der Waals surface area contributed by atoms with E-state index in [0.717, 1.165) is 11.3 Å². The highest BCUT2D eigenvalue weighted by molar-refractivity contribution is 5.37. The maximum absolute atomic E-state index is 10.3. The van der Waals surface area contributed by atoms with Crippen LogP contribution in [0.3, 0.4) is 0 Å². The average Bonchev–Trinajstić information content (AvgIpc) is 2.47. The van der Waals surface area contributed by atoms with Gasteiger partial charge in [0.1, 0.15) is 23.3 Å². The molecule has 0 fully saturated rings. The minimum absolute atomic E-state index is 0.508. The highest BCUT2D eigenvalue weighted by Crippen LogP contribution is 2.28. The molecule has 0 bridgehead atoms. The Balaban J connectivity index is 2.25. The van der Waals surface area contributed by atoms with Gasteiger partial charge in [0.05, 0.1) is 13.7 Å². The van der Waals surface area contributed by atoms with Crippen LogP contribution in [-0.2, 0) is 0 Å². The Hall–Kier alpha value is -2.07. The van der Waals surface area contributed by atoms with Crippen molar-refractivity contribution in [3.8, 4) is 11.5 Å². The Labute approximate surface area is 112 Å². The number of hydrogen-bond acceptors (Lipinski definition) is 4. The smallest absolute Gasteiger partial charge is 0.143 e. The van der Waals surface area contributed by atoms with E-state index in [1.165, 1.54) is 0 Å². The number of ether oxygens (including phenoxy) is 2. The Morgan fingerprint density at radius 1 is 1.21 bits per heavy atom. The van der Waals surface area contributed by atoms with E-state index in [-0.39, 0.29) is 0 Å². The summed E-state index contributed by atoms with van der Waals surface area (Å²) < 4.78 is 10.6. The summed E-state index contributed by atoms with van der Waals surface area (Å²) in [4.78, 5) is 4.18. The first-order valence-electron chi connectivity index (χ1n) is 6.16. The molecular weight excluding hydrogens is 242 g/mol. The van der Waals surface area contributed by atoms with Crippen LogP contribution in [0.15, 0.2) is 42.6 Å². The highest BCUT2D eigenvalue weighted by Gasteiger charge is 2.16. The molecule has 1 unspecified atom stereocenters. The van der Waals surface area contributed by atoms with Gasteiger partial charge in [0.2, 0.25) is 0 Å². The van der Waals surface area contributed by atoms with Gasteiger partial charge >= 0.3 is 0 Å². The summed E-state index contributed by atoms with van der Waals surface area (Å²) in [5, 5.41) is 10.3. The first-order chi connectivity index (χ1) is 9.26. The number of aliphatic hydroxyl groups is 1. The number of benzene rings is 1. The molecule has 0 amide bonds. The molecule has 4 nitrogen and oxygen atoms in total. The molecule has 0 aliphatic rings. The van der Waals surface area contributed by atoms with Crippen LogP contribution in [0.1, 0.15) is 24.3 Å². The first kappa shape index (κ1) is 13.4. The number of aliphatic hydroxyl groups excluding tert-OH is 1. The molecule has 19 heavy (non-hydrogen) atoms. The van der Waals surface area contributed by atoms with Gasteiger partial charge in [0.25, 0.3) is 0 Å². The Bertz CT molecular complexity index is 525. The summed E-state index contributed by atoms with van der Waals surface area (Å²) in [5.74, 6) is 1.36. The van der Waals surface area contributed by atoms with Crippen LogP contribution in [0.5, 0.6) is 11.5 Å². The second-order valence-corrected chi connectivity index (χ2v) is 4.00. The molecule has 0 aliphatic carbocycles. The van der Waals surface area contributed by atoms with Crippen molar-refractivity contribution in [3.05, 3.63) is 53.9 Å². The Morgan fingerprint density at radius 2 is 1.95 bits per heavy atom. The number of methoxy groups -OCH3 is 1. The third kappa shape index (κ3) is 3.03. The molecule has 1 atom stereocenters. The Kier molecular flexibility index (Phi) is 4.36. The maximum Gasteiger partial charge on any atom is 0.143 e. The van der Waals surface area contributed by atoms with Gasteiger partial charge in [-0.1, -0.05) is 12.1 Å². The molecule has 2 aromatic rings. The zero-order chi connectivity index (χ0) is 13.7. The van der Waals surface area contributed by atoms with Crippen LogP contribution in [0, 0.1) is 0 Å². The minimum Gasteiger partial charge on any atom is -0.495 e. The lowest BCUT2D eigenvalue weighted by atomic mass is 10.1. The highest BCUT2D eigenvalue weighted by atomic mass is 16.5. The molecule has 0 saturated heterocycles. The monoisotopic (exact) mass is 259 g/mol. The maximum atomic E-state index is 10.3. The van der Waals surface area contributed by atoms with Crippen LogP contribution >= 0.6 is 0 Å². The van der Waals surface area contributed by atoms with Gasteiger partial charge < -0.3 is 14.6 Å². The van der Waals surface area contributed by atoms with E-state index in [1.807, 2.05) is 31.2 Å². The lowest BCUT2D eigenvalue weighted by Crippen LogP contribution is -2.04. The summed E-state index contributed by atoms with van der Waals surface area (Å²) >= 11 is 0. The molecule has 1 heterocycles. The van der Waals surface area contributed by atoms with E-state index in [0.29, 0.717) is 18.1 Å². The van der Waals surface area contributed by atoms with Crippen molar-refractivity contribution in [1.82, 2.24) is 4.98 Å². The SMILES string of the molecule is CCOc1ccc(C(O)c2ncccc2OC)cc1. The second-order valence-electron chi connectivity index (χ2n) is 4.00. The van der Waals surface area contributed by atoms with Gasteiger partial charge in [-0.15, -0.1) is 0 Å². The molecule has 1 aromatic heterocycles. The number of nitrogens with zero attached hydrogens (tertiary/aromatic N) is 1. The quantitative estimate of drug-likeness (QED) is 0.896. The van der Waals surface area contributed by atoms with E-state index in [4.69, 9.17) is 9.47 Å². The number of aromatic nitrogens is 1. The summed E-state index contributed by atoms with van der Waals surface area (Å²) in [7, 11) is 1.56. The molecule has 2 rings (SSSR count). The zero-order valence-electron chi connectivity index (χ0n) is 11.0. The molecule has 1 N–H and O–H groups in total. The van der Waals surface area contributed by atoms with Crippen molar-refractivity contribution >= 4 is 0 Å². The topological polar surface area (TPSA) is 51.6 Å². The molecule has 0 radical (unpaired) electrons. The molecular formula is C15H17NO3. The molecule has 0 spiro atoms. The zero-order valence-corrected chi connectivity index (χ0v) is 11.0. The molecule has 4 heteroatoms. The first-order valence-corrected chi connectivity index (χ1v) is 6.16. The number of pyridine rings is 1. The van der Waals surface area contributed by atoms with Gasteiger partial charge in [0, 0.05) is 6.20 Å². The summed E-state index contributed by atoms with van der Waals surface area (Å²) in [5.41, 5.74) is 1.26. The lowest BCUT2D eigenvalue weighted by Gasteiger charge is -2.14.